The maximum Gasteiger partial charge on any atom is 0.265 e. The van der Waals surface area contributed by atoms with Gasteiger partial charge in [0.2, 0.25) is 0 Å². The zero-order valence-corrected chi connectivity index (χ0v) is 16.2. The highest BCUT2D eigenvalue weighted by Gasteiger charge is 2.32. The highest BCUT2D eigenvalue weighted by molar-refractivity contribution is 7.89. The molecule has 1 saturated heterocycles. The molecule has 140 valence electrons. The van der Waals surface area contributed by atoms with Gasteiger partial charge in [-0.15, -0.1) is 0 Å². The zero-order valence-electron chi connectivity index (χ0n) is 15.4. The lowest BCUT2D eigenvalue weighted by molar-refractivity contribution is -0.146. The summed E-state index contributed by atoms with van der Waals surface area (Å²) in [6.45, 7) is 6.42. The van der Waals surface area contributed by atoms with Gasteiger partial charge >= 0.3 is 0 Å². The van der Waals surface area contributed by atoms with Crippen LogP contribution in [-0.4, -0.2) is 56.7 Å². The normalized spacial score (nSPS) is 20.3. The molecule has 1 aromatic carbocycles. The molecule has 1 aliphatic heterocycles. The van der Waals surface area contributed by atoms with Crippen LogP contribution in [0, 0.1) is 0 Å². The number of benzene rings is 1. The SMILES string of the molecule is CC(C)N(OC1CCCC1)S(=O)(=O)c1cccc(N2CCN(C)C2)c1. The van der Waals surface area contributed by atoms with Crippen LogP contribution in [0.25, 0.3) is 0 Å². The molecule has 6 nitrogen and oxygen atoms in total. The molecule has 0 radical (unpaired) electrons. The van der Waals surface area contributed by atoms with E-state index in [1.807, 2.05) is 26.0 Å². The van der Waals surface area contributed by atoms with Crippen molar-refractivity contribution in [2.45, 2.75) is 56.6 Å². The van der Waals surface area contributed by atoms with Crippen LogP contribution in [0.1, 0.15) is 39.5 Å². The van der Waals surface area contributed by atoms with Gasteiger partial charge in [0, 0.05) is 24.8 Å². The first-order chi connectivity index (χ1) is 11.9. The summed E-state index contributed by atoms with van der Waals surface area (Å²) in [6, 6.07) is 6.96. The fraction of sp³-hybridized carbons (Fsp3) is 0.667. The second-order valence-electron chi connectivity index (χ2n) is 7.35. The van der Waals surface area contributed by atoms with Crippen molar-refractivity contribution < 1.29 is 13.3 Å². The maximum atomic E-state index is 13.2. The summed E-state index contributed by atoms with van der Waals surface area (Å²) < 4.78 is 27.5. The van der Waals surface area contributed by atoms with Gasteiger partial charge in [-0.3, -0.25) is 9.74 Å². The van der Waals surface area contributed by atoms with Gasteiger partial charge < -0.3 is 4.90 Å². The second-order valence-corrected chi connectivity index (χ2v) is 9.13. The molecule has 0 amide bonds. The number of hydrogen-bond acceptors (Lipinski definition) is 5. The van der Waals surface area contributed by atoms with E-state index in [9.17, 15) is 8.42 Å². The van der Waals surface area contributed by atoms with Gasteiger partial charge in [0.25, 0.3) is 10.0 Å². The van der Waals surface area contributed by atoms with Gasteiger partial charge in [-0.1, -0.05) is 23.4 Å². The number of anilines is 1. The molecule has 1 aliphatic carbocycles. The molecular weight excluding hydrogens is 338 g/mol. The quantitative estimate of drug-likeness (QED) is 0.724. The van der Waals surface area contributed by atoms with Crippen LogP contribution in [0.5, 0.6) is 0 Å². The summed E-state index contributed by atoms with van der Waals surface area (Å²) in [6.07, 6.45) is 4.08. The topological polar surface area (TPSA) is 53.1 Å². The monoisotopic (exact) mass is 367 g/mol. The first-order valence-corrected chi connectivity index (χ1v) is 10.6. The number of sulfonamides is 1. The number of rotatable bonds is 6. The third-order valence-corrected chi connectivity index (χ3v) is 6.69. The minimum absolute atomic E-state index is 0.00703. The maximum absolute atomic E-state index is 13.2. The Labute approximate surface area is 151 Å². The standard InChI is InChI=1S/C18H29N3O3S/c1-15(2)21(24-17-8-4-5-9-17)25(22,23)18-10-6-7-16(13-18)20-12-11-19(3)14-20/h6-7,10,13,15,17H,4-5,8-9,11-12,14H2,1-3H3. The van der Waals surface area contributed by atoms with Gasteiger partial charge in [-0.05, 0) is 51.9 Å². The molecule has 3 rings (SSSR count). The summed E-state index contributed by atoms with van der Waals surface area (Å²) in [4.78, 5) is 10.6. The van der Waals surface area contributed by atoms with Crippen molar-refractivity contribution in [3.8, 4) is 0 Å². The number of nitrogens with zero attached hydrogens (tertiary/aromatic N) is 3. The average Bonchev–Trinajstić information content (AvgIpc) is 3.24. The van der Waals surface area contributed by atoms with E-state index >= 15 is 0 Å². The summed E-state index contributed by atoms with van der Waals surface area (Å²) in [5.41, 5.74) is 0.940. The van der Waals surface area contributed by atoms with E-state index in [4.69, 9.17) is 4.84 Å². The Morgan fingerprint density at radius 1 is 1.20 bits per heavy atom. The Hall–Kier alpha value is -1.15. The van der Waals surface area contributed by atoms with Gasteiger partial charge in [0.05, 0.1) is 17.7 Å². The highest BCUT2D eigenvalue weighted by atomic mass is 32.2. The van der Waals surface area contributed by atoms with Crippen LogP contribution in [-0.2, 0) is 14.9 Å². The van der Waals surface area contributed by atoms with Crippen LogP contribution in [0.4, 0.5) is 5.69 Å². The Bertz CT molecular complexity index is 687. The van der Waals surface area contributed by atoms with Crippen LogP contribution in [0.15, 0.2) is 29.2 Å². The molecule has 0 spiro atoms. The number of hydroxylamine groups is 1. The summed E-state index contributed by atoms with van der Waals surface area (Å²) in [5, 5.41) is 0. The Balaban J connectivity index is 1.84. The molecular formula is C18H29N3O3S. The van der Waals surface area contributed by atoms with E-state index in [1.54, 1.807) is 12.1 Å². The summed E-state index contributed by atoms with van der Waals surface area (Å²) >= 11 is 0. The van der Waals surface area contributed by atoms with Crippen molar-refractivity contribution in [3.05, 3.63) is 24.3 Å². The number of likely N-dealkylation sites (N-methyl/N-ethyl adjacent to an activating group) is 1. The van der Waals surface area contributed by atoms with Crippen LogP contribution >= 0.6 is 0 Å². The molecule has 1 heterocycles. The van der Waals surface area contributed by atoms with Crippen molar-refractivity contribution in [1.82, 2.24) is 9.37 Å². The molecule has 2 fully saturated rings. The third-order valence-electron chi connectivity index (χ3n) is 4.86. The fourth-order valence-electron chi connectivity index (χ4n) is 3.48. The first kappa shape index (κ1) is 18.6. The molecule has 0 N–H and O–H groups in total. The Kier molecular flexibility index (Phi) is 5.68. The minimum atomic E-state index is -3.68. The molecule has 0 aromatic heterocycles. The van der Waals surface area contributed by atoms with E-state index in [-0.39, 0.29) is 12.1 Å². The average molecular weight is 368 g/mol. The van der Waals surface area contributed by atoms with Gasteiger partial charge in [-0.25, -0.2) is 8.42 Å². The summed E-state index contributed by atoms with van der Waals surface area (Å²) in [7, 11) is -1.62. The Morgan fingerprint density at radius 3 is 2.52 bits per heavy atom. The van der Waals surface area contributed by atoms with E-state index in [0.717, 1.165) is 51.1 Å². The fourth-order valence-corrected chi connectivity index (χ4v) is 4.99. The third kappa shape index (κ3) is 4.16. The van der Waals surface area contributed by atoms with E-state index in [2.05, 4.69) is 16.8 Å². The van der Waals surface area contributed by atoms with Crippen molar-refractivity contribution in [2.75, 3.05) is 31.7 Å². The lowest BCUT2D eigenvalue weighted by Gasteiger charge is -2.28. The molecule has 7 heteroatoms. The van der Waals surface area contributed by atoms with E-state index in [0.29, 0.717) is 4.90 Å². The predicted molar refractivity (Wildman–Crippen MR) is 98.8 cm³/mol. The lowest BCUT2D eigenvalue weighted by Crippen LogP contribution is -2.39. The molecule has 0 atom stereocenters. The molecule has 0 unspecified atom stereocenters. The van der Waals surface area contributed by atoms with Crippen LogP contribution < -0.4 is 4.90 Å². The van der Waals surface area contributed by atoms with Gasteiger partial charge in [-0.2, -0.15) is 0 Å². The second kappa shape index (κ2) is 7.61. The highest BCUT2D eigenvalue weighted by Crippen LogP contribution is 2.28. The van der Waals surface area contributed by atoms with Crippen molar-refractivity contribution in [3.63, 3.8) is 0 Å². The van der Waals surface area contributed by atoms with Gasteiger partial charge in [0.15, 0.2) is 0 Å². The van der Waals surface area contributed by atoms with Crippen molar-refractivity contribution in [1.29, 1.82) is 0 Å². The Morgan fingerprint density at radius 2 is 1.92 bits per heavy atom. The largest absolute Gasteiger partial charge is 0.357 e. The first-order valence-electron chi connectivity index (χ1n) is 9.12. The lowest BCUT2D eigenvalue weighted by atomic mass is 10.3. The van der Waals surface area contributed by atoms with E-state index in [1.165, 1.54) is 4.47 Å². The van der Waals surface area contributed by atoms with Gasteiger partial charge in [0.1, 0.15) is 0 Å². The minimum Gasteiger partial charge on any atom is -0.357 e. The molecule has 25 heavy (non-hydrogen) atoms. The molecule has 2 aliphatic rings. The van der Waals surface area contributed by atoms with Crippen molar-refractivity contribution in [2.24, 2.45) is 0 Å². The molecule has 1 aromatic rings. The van der Waals surface area contributed by atoms with E-state index < -0.39 is 10.0 Å². The predicted octanol–water partition coefficient (Wildman–Crippen LogP) is 2.67. The molecule has 1 saturated carbocycles. The number of hydrogen-bond donors (Lipinski definition) is 0. The smallest absolute Gasteiger partial charge is 0.265 e. The van der Waals surface area contributed by atoms with Crippen molar-refractivity contribution >= 4 is 15.7 Å². The molecule has 0 bridgehead atoms. The zero-order chi connectivity index (χ0) is 18.0. The van der Waals surface area contributed by atoms with Crippen LogP contribution in [0.2, 0.25) is 0 Å². The van der Waals surface area contributed by atoms with Crippen LogP contribution in [0.3, 0.4) is 0 Å². The summed E-state index contributed by atoms with van der Waals surface area (Å²) in [5.74, 6) is 0.